The van der Waals surface area contributed by atoms with Gasteiger partial charge in [0.1, 0.15) is 5.75 Å². The normalized spacial score (nSPS) is 21.0. The Morgan fingerprint density at radius 2 is 1.70 bits per heavy atom. The van der Waals surface area contributed by atoms with Gasteiger partial charge in [0.2, 0.25) is 5.91 Å². The first kappa shape index (κ1) is 20.3. The van der Waals surface area contributed by atoms with Gasteiger partial charge in [-0.05, 0) is 48.7 Å². The molecule has 2 aromatic carbocycles. The van der Waals surface area contributed by atoms with Gasteiger partial charge < -0.3 is 14.2 Å². The van der Waals surface area contributed by atoms with E-state index in [0.717, 1.165) is 48.3 Å². The second-order valence-corrected chi connectivity index (χ2v) is 7.80. The van der Waals surface area contributed by atoms with E-state index in [-0.39, 0.29) is 17.7 Å². The molecule has 1 aliphatic heterocycles. The molecule has 1 heterocycles. The van der Waals surface area contributed by atoms with Gasteiger partial charge in [-0.2, -0.15) is 5.10 Å². The van der Waals surface area contributed by atoms with Crippen molar-refractivity contribution < 1.29 is 19.0 Å². The molecule has 2 atom stereocenters. The summed E-state index contributed by atoms with van der Waals surface area (Å²) in [6, 6.07) is 13.6. The number of carbonyl (C=O) groups excluding carboxylic acids is 1. The van der Waals surface area contributed by atoms with Crippen molar-refractivity contribution in [2.24, 2.45) is 16.9 Å². The number of rotatable bonds is 6. The van der Waals surface area contributed by atoms with Crippen LogP contribution in [0, 0.1) is 11.8 Å². The van der Waals surface area contributed by atoms with Crippen molar-refractivity contribution in [2.45, 2.75) is 32.2 Å². The van der Waals surface area contributed by atoms with Crippen molar-refractivity contribution in [1.29, 1.82) is 0 Å². The second kappa shape index (κ2) is 8.78. The predicted octanol–water partition coefficient (Wildman–Crippen LogP) is 4.27. The third-order valence-electron chi connectivity index (χ3n) is 6.06. The predicted molar refractivity (Wildman–Crippen MR) is 115 cm³/mol. The minimum atomic E-state index is -0.0232. The van der Waals surface area contributed by atoms with Crippen LogP contribution in [0.4, 0.5) is 0 Å². The molecule has 1 amide bonds. The summed E-state index contributed by atoms with van der Waals surface area (Å²) in [7, 11) is 4.90. The SMILES string of the molecule is COc1cccc(CN2N=C(c3ccc(OC)c(OC)c3)[C@H]3CCCC[C@H]3C2=O)c1. The third-order valence-corrected chi connectivity index (χ3v) is 6.06. The van der Waals surface area contributed by atoms with Crippen LogP contribution in [-0.4, -0.2) is 38.0 Å². The first-order valence-corrected chi connectivity index (χ1v) is 10.4. The van der Waals surface area contributed by atoms with Crippen molar-refractivity contribution in [3.8, 4) is 17.2 Å². The number of ether oxygens (including phenoxy) is 3. The van der Waals surface area contributed by atoms with E-state index in [4.69, 9.17) is 19.3 Å². The fraction of sp³-hybridized carbons (Fsp3) is 0.417. The van der Waals surface area contributed by atoms with Gasteiger partial charge in [0.05, 0.1) is 33.6 Å². The number of hydrogen-bond acceptors (Lipinski definition) is 5. The van der Waals surface area contributed by atoms with E-state index in [1.807, 2.05) is 42.5 Å². The van der Waals surface area contributed by atoms with Crippen LogP contribution in [0.2, 0.25) is 0 Å². The first-order valence-electron chi connectivity index (χ1n) is 10.4. The molecule has 1 fully saturated rings. The Labute approximate surface area is 177 Å². The average molecular weight is 408 g/mol. The second-order valence-electron chi connectivity index (χ2n) is 7.80. The highest BCUT2D eigenvalue weighted by Crippen LogP contribution is 2.39. The van der Waals surface area contributed by atoms with E-state index in [0.29, 0.717) is 18.0 Å². The fourth-order valence-electron chi connectivity index (χ4n) is 4.52. The average Bonchev–Trinajstić information content (AvgIpc) is 2.80. The van der Waals surface area contributed by atoms with Gasteiger partial charge in [0.25, 0.3) is 0 Å². The molecular formula is C24H28N2O4. The zero-order valence-electron chi connectivity index (χ0n) is 17.8. The fourth-order valence-corrected chi connectivity index (χ4v) is 4.52. The third kappa shape index (κ3) is 3.86. The Morgan fingerprint density at radius 3 is 2.43 bits per heavy atom. The van der Waals surface area contributed by atoms with Crippen LogP contribution in [0.25, 0.3) is 0 Å². The Morgan fingerprint density at radius 1 is 0.933 bits per heavy atom. The largest absolute Gasteiger partial charge is 0.497 e. The van der Waals surface area contributed by atoms with E-state index in [9.17, 15) is 4.79 Å². The smallest absolute Gasteiger partial charge is 0.246 e. The molecule has 0 aromatic heterocycles. The van der Waals surface area contributed by atoms with Crippen molar-refractivity contribution in [3.05, 3.63) is 53.6 Å². The monoisotopic (exact) mass is 408 g/mol. The van der Waals surface area contributed by atoms with E-state index >= 15 is 0 Å². The number of amides is 1. The Hall–Kier alpha value is -3.02. The molecule has 0 unspecified atom stereocenters. The van der Waals surface area contributed by atoms with Crippen LogP contribution in [0.5, 0.6) is 17.2 Å². The van der Waals surface area contributed by atoms with Crippen LogP contribution >= 0.6 is 0 Å². The quantitative estimate of drug-likeness (QED) is 0.716. The molecular weight excluding hydrogens is 380 g/mol. The summed E-state index contributed by atoms with van der Waals surface area (Å²) in [5.41, 5.74) is 2.93. The molecule has 1 saturated carbocycles. The van der Waals surface area contributed by atoms with E-state index in [2.05, 4.69) is 0 Å². The van der Waals surface area contributed by atoms with Crippen LogP contribution in [0.1, 0.15) is 36.8 Å². The molecule has 1 aliphatic carbocycles. The minimum absolute atomic E-state index is 0.0232. The van der Waals surface area contributed by atoms with Gasteiger partial charge in [0.15, 0.2) is 11.5 Å². The highest BCUT2D eigenvalue weighted by atomic mass is 16.5. The van der Waals surface area contributed by atoms with Crippen molar-refractivity contribution >= 4 is 11.6 Å². The molecule has 0 saturated heterocycles. The first-order chi connectivity index (χ1) is 14.6. The van der Waals surface area contributed by atoms with E-state index in [1.165, 1.54) is 0 Å². The summed E-state index contributed by atoms with van der Waals surface area (Å²) in [6.07, 6.45) is 4.09. The molecule has 0 spiro atoms. The topological polar surface area (TPSA) is 60.4 Å². The van der Waals surface area contributed by atoms with E-state index < -0.39 is 0 Å². The van der Waals surface area contributed by atoms with Crippen molar-refractivity contribution in [3.63, 3.8) is 0 Å². The molecule has 6 heteroatoms. The molecule has 6 nitrogen and oxygen atoms in total. The lowest BCUT2D eigenvalue weighted by atomic mass is 9.73. The Balaban J connectivity index is 1.72. The highest BCUT2D eigenvalue weighted by molar-refractivity contribution is 6.07. The van der Waals surface area contributed by atoms with Crippen LogP contribution < -0.4 is 14.2 Å². The number of nitrogens with zero attached hydrogens (tertiary/aromatic N) is 2. The van der Waals surface area contributed by atoms with Gasteiger partial charge in [0, 0.05) is 17.4 Å². The lowest BCUT2D eigenvalue weighted by Gasteiger charge is -2.38. The number of carbonyl (C=O) groups is 1. The maximum absolute atomic E-state index is 13.3. The molecule has 158 valence electrons. The van der Waals surface area contributed by atoms with Crippen molar-refractivity contribution in [1.82, 2.24) is 5.01 Å². The number of methoxy groups -OCH3 is 3. The maximum atomic E-state index is 13.3. The molecule has 0 bridgehead atoms. The number of hydrogen-bond donors (Lipinski definition) is 0. The van der Waals surface area contributed by atoms with Gasteiger partial charge in [-0.1, -0.05) is 25.0 Å². The Kier molecular flexibility index (Phi) is 5.93. The summed E-state index contributed by atoms with van der Waals surface area (Å²) in [5.74, 6) is 2.36. The molecule has 4 rings (SSSR count). The van der Waals surface area contributed by atoms with Crippen LogP contribution in [0.15, 0.2) is 47.6 Å². The zero-order chi connectivity index (χ0) is 21.1. The van der Waals surface area contributed by atoms with Gasteiger partial charge in [-0.25, -0.2) is 5.01 Å². The zero-order valence-corrected chi connectivity index (χ0v) is 17.8. The van der Waals surface area contributed by atoms with Crippen LogP contribution in [-0.2, 0) is 11.3 Å². The molecule has 0 radical (unpaired) electrons. The molecule has 2 aliphatic rings. The number of hydrazone groups is 1. The summed E-state index contributed by atoms with van der Waals surface area (Å²) in [4.78, 5) is 13.3. The van der Waals surface area contributed by atoms with Gasteiger partial charge in [-0.15, -0.1) is 0 Å². The maximum Gasteiger partial charge on any atom is 0.246 e. The lowest BCUT2D eigenvalue weighted by molar-refractivity contribution is -0.139. The van der Waals surface area contributed by atoms with Gasteiger partial charge >= 0.3 is 0 Å². The van der Waals surface area contributed by atoms with Crippen molar-refractivity contribution in [2.75, 3.05) is 21.3 Å². The summed E-state index contributed by atoms with van der Waals surface area (Å²) in [5, 5.41) is 6.49. The standard InChI is InChI=1S/C24H28N2O4/c1-28-18-8-6-7-16(13-18)15-26-24(27)20-10-5-4-9-19(20)23(25-26)17-11-12-21(29-2)22(14-17)30-3/h6-8,11-14,19-20H,4-5,9-10,15H2,1-3H3/t19-,20+/m0/s1. The Bertz CT molecular complexity index is 956. The molecule has 30 heavy (non-hydrogen) atoms. The summed E-state index contributed by atoms with van der Waals surface area (Å²) < 4.78 is 16.2. The van der Waals surface area contributed by atoms with Gasteiger partial charge in [-0.3, -0.25) is 4.79 Å². The number of benzene rings is 2. The number of fused-ring (bicyclic) bond motifs is 1. The van der Waals surface area contributed by atoms with Crippen LogP contribution in [0.3, 0.4) is 0 Å². The molecule has 2 aromatic rings. The summed E-state index contributed by atoms with van der Waals surface area (Å²) in [6.45, 7) is 0.427. The van der Waals surface area contributed by atoms with E-state index in [1.54, 1.807) is 26.3 Å². The lowest BCUT2D eigenvalue weighted by Crippen LogP contribution is -2.45. The highest BCUT2D eigenvalue weighted by Gasteiger charge is 2.41. The summed E-state index contributed by atoms with van der Waals surface area (Å²) >= 11 is 0. The molecule has 0 N–H and O–H groups in total. The minimum Gasteiger partial charge on any atom is -0.497 e.